The molecule has 1 saturated heterocycles. The number of ether oxygens (including phenoxy) is 1. The maximum Gasteiger partial charge on any atom is 0.105 e. The molecule has 0 radical (unpaired) electrons. The Labute approximate surface area is 53.2 Å². The Hall–Kier alpha value is -0.160. The highest BCUT2D eigenvalue weighted by molar-refractivity contribution is 4.81. The summed E-state index contributed by atoms with van der Waals surface area (Å²) in [6.45, 7) is 0.521. The molecule has 0 aromatic heterocycles. The molecule has 1 rings (SSSR count). The third kappa shape index (κ3) is 1.40. The smallest absolute Gasteiger partial charge is 0.105 e. The first-order valence-corrected chi connectivity index (χ1v) is 2.91. The molecule has 54 valence electrons. The van der Waals surface area contributed by atoms with Crippen molar-refractivity contribution in [1.29, 1.82) is 0 Å². The highest BCUT2D eigenvalue weighted by Gasteiger charge is 2.27. The van der Waals surface area contributed by atoms with Gasteiger partial charge >= 0.3 is 0 Å². The van der Waals surface area contributed by atoms with E-state index in [-0.39, 0.29) is 6.61 Å². The average molecular weight is 133 g/mol. The highest BCUT2D eigenvalue weighted by Crippen LogP contribution is 2.05. The zero-order valence-electron chi connectivity index (χ0n) is 5.03. The van der Waals surface area contributed by atoms with Crippen LogP contribution in [0.5, 0.6) is 0 Å². The predicted octanol–water partition coefficient (Wildman–Crippen LogP) is -1.93. The quantitative estimate of drug-likeness (QED) is 0.359. The van der Waals surface area contributed by atoms with Gasteiger partial charge in [0.25, 0.3) is 0 Å². The molecule has 0 aromatic carbocycles. The summed E-state index contributed by atoms with van der Waals surface area (Å²) in [5.74, 6) is 0. The van der Waals surface area contributed by atoms with Crippen molar-refractivity contribution in [2.24, 2.45) is 5.73 Å². The number of rotatable bonds is 0. The van der Waals surface area contributed by atoms with Crippen LogP contribution in [0, 0.1) is 0 Å². The van der Waals surface area contributed by atoms with E-state index in [1.807, 2.05) is 0 Å². The fourth-order valence-electron chi connectivity index (χ4n) is 0.807. The van der Waals surface area contributed by atoms with Crippen LogP contribution in [0.15, 0.2) is 0 Å². The van der Waals surface area contributed by atoms with Gasteiger partial charge in [-0.2, -0.15) is 0 Å². The molecule has 1 aliphatic heterocycles. The van der Waals surface area contributed by atoms with E-state index in [1.165, 1.54) is 0 Å². The van der Waals surface area contributed by atoms with Gasteiger partial charge in [-0.1, -0.05) is 0 Å². The molecule has 0 amide bonds. The van der Waals surface area contributed by atoms with Gasteiger partial charge in [-0.05, 0) is 0 Å². The minimum Gasteiger partial charge on any atom is -0.389 e. The lowest BCUT2D eigenvalue weighted by molar-refractivity contribution is -0.0965. The van der Waals surface area contributed by atoms with E-state index in [0.29, 0.717) is 6.61 Å². The van der Waals surface area contributed by atoms with Gasteiger partial charge in [0.15, 0.2) is 0 Å². The van der Waals surface area contributed by atoms with Crippen molar-refractivity contribution in [2.45, 2.75) is 18.2 Å². The molecule has 0 aliphatic carbocycles. The van der Waals surface area contributed by atoms with Crippen molar-refractivity contribution in [2.75, 3.05) is 13.2 Å². The van der Waals surface area contributed by atoms with Crippen LogP contribution in [-0.4, -0.2) is 41.7 Å². The summed E-state index contributed by atoms with van der Waals surface area (Å²) in [6.07, 6.45) is -1.63. The van der Waals surface area contributed by atoms with Gasteiger partial charge < -0.3 is 20.7 Å². The molecule has 3 unspecified atom stereocenters. The van der Waals surface area contributed by atoms with E-state index >= 15 is 0 Å². The molecule has 9 heavy (non-hydrogen) atoms. The van der Waals surface area contributed by atoms with Crippen molar-refractivity contribution in [3.05, 3.63) is 0 Å². The van der Waals surface area contributed by atoms with Crippen LogP contribution in [-0.2, 0) is 4.74 Å². The van der Waals surface area contributed by atoms with Gasteiger partial charge in [0, 0.05) is 0 Å². The van der Waals surface area contributed by atoms with Gasteiger partial charge in [-0.15, -0.1) is 0 Å². The maximum atomic E-state index is 8.99. The van der Waals surface area contributed by atoms with Crippen molar-refractivity contribution >= 4 is 0 Å². The van der Waals surface area contributed by atoms with E-state index in [2.05, 4.69) is 0 Å². The summed E-state index contributed by atoms with van der Waals surface area (Å²) in [6, 6.07) is -0.436. The lowest BCUT2D eigenvalue weighted by Crippen LogP contribution is -2.51. The molecule has 3 atom stereocenters. The number of hydrogen-bond acceptors (Lipinski definition) is 4. The van der Waals surface area contributed by atoms with E-state index in [9.17, 15) is 0 Å². The normalized spacial score (nSPS) is 45.0. The zero-order chi connectivity index (χ0) is 6.85. The Kier molecular flexibility index (Phi) is 2.02. The monoisotopic (exact) mass is 133 g/mol. The second-order valence-electron chi connectivity index (χ2n) is 2.26. The van der Waals surface area contributed by atoms with Crippen molar-refractivity contribution in [3.8, 4) is 0 Å². The Morgan fingerprint density at radius 2 is 2.00 bits per heavy atom. The van der Waals surface area contributed by atoms with Crippen molar-refractivity contribution in [3.63, 3.8) is 0 Å². The summed E-state index contributed by atoms with van der Waals surface area (Å²) in [5, 5.41) is 17.9. The molecule has 0 saturated carbocycles. The number of nitrogens with two attached hydrogens (primary N) is 1. The second-order valence-corrected chi connectivity index (χ2v) is 2.26. The molecule has 4 heteroatoms. The molecule has 1 heterocycles. The molecular formula is C5H11NO3. The Morgan fingerprint density at radius 1 is 1.33 bits per heavy atom. The van der Waals surface area contributed by atoms with Gasteiger partial charge in [-0.3, -0.25) is 0 Å². The highest BCUT2D eigenvalue weighted by atomic mass is 16.5. The van der Waals surface area contributed by atoms with Crippen LogP contribution < -0.4 is 5.73 Å². The number of aliphatic hydroxyl groups is 2. The molecule has 0 aromatic rings. The average Bonchev–Trinajstić information content (AvgIpc) is 1.83. The third-order valence-electron chi connectivity index (χ3n) is 1.43. The summed E-state index contributed by atoms with van der Waals surface area (Å²) < 4.78 is 4.83. The molecule has 4 nitrogen and oxygen atoms in total. The fourth-order valence-corrected chi connectivity index (χ4v) is 0.807. The fraction of sp³-hybridized carbons (Fsp3) is 1.00. The lowest BCUT2D eigenvalue weighted by Gasteiger charge is -2.28. The summed E-state index contributed by atoms with van der Waals surface area (Å²) in [5.41, 5.74) is 5.33. The minimum absolute atomic E-state index is 0.189. The van der Waals surface area contributed by atoms with Crippen molar-refractivity contribution < 1.29 is 14.9 Å². The standard InChI is InChI=1S/C5H11NO3/c6-3-1-9-2-4(7)5(3)8/h3-5,7-8H,1-2,6H2. The molecule has 0 spiro atoms. The Balaban J connectivity index is 2.41. The molecule has 4 N–H and O–H groups in total. The van der Waals surface area contributed by atoms with Crippen LogP contribution >= 0.6 is 0 Å². The molecule has 0 bridgehead atoms. The first-order chi connectivity index (χ1) is 4.22. The van der Waals surface area contributed by atoms with Crippen LogP contribution in [0.2, 0.25) is 0 Å². The topological polar surface area (TPSA) is 75.7 Å². The SMILES string of the molecule is NC1COCC(O)C1O. The van der Waals surface area contributed by atoms with Gasteiger partial charge in [-0.25, -0.2) is 0 Å². The zero-order valence-corrected chi connectivity index (χ0v) is 5.03. The van der Waals surface area contributed by atoms with Crippen LogP contribution in [0.25, 0.3) is 0 Å². The number of hydrogen-bond donors (Lipinski definition) is 3. The predicted molar refractivity (Wildman–Crippen MR) is 30.8 cm³/mol. The molecular weight excluding hydrogens is 122 g/mol. The number of aliphatic hydroxyl groups excluding tert-OH is 2. The summed E-state index contributed by atoms with van der Waals surface area (Å²) in [7, 11) is 0. The van der Waals surface area contributed by atoms with Crippen LogP contribution in [0.3, 0.4) is 0 Å². The van der Waals surface area contributed by atoms with E-state index in [0.717, 1.165) is 0 Å². The molecule has 1 aliphatic rings. The molecule has 1 fully saturated rings. The van der Waals surface area contributed by atoms with E-state index in [1.54, 1.807) is 0 Å². The van der Waals surface area contributed by atoms with Crippen LogP contribution in [0.1, 0.15) is 0 Å². The third-order valence-corrected chi connectivity index (χ3v) is 1.43. The van der Waals surface area contributed by atoms with Crippen LogP contribution in [0.4, 0.5) is 0 Å². The largest absolute Gasteiger partial charge is 0.389 e. The van der Waals surface area contributed by atoms with Crippen molar-refractivity contribution in [1.82, 2.24) is 0 Å². The minimum atomic E-state index is -0.821. The summed E-state index contributed by atoms with van der Waals surface area (Å²) in [4.78, 5) is 0. The van der Waals surface area contributed by atoms with E-state index in [4.69, 9.17) is 20.7 Å². The Bertz CT molecular complexity index is 88.2. The summed E-state index contributed by atoms with van der Waals surface area (Å²) >= 11 is 0. The lowest BCUT2D eigenvalue weighted by atomic mass is 10.1. The van der Waals surface area contributed by atoms with Gasteiger partial charge in [0.05, 0.1) is 25.4 Å². The Morgan fingerprint density at radius 3 is 2.44 bits per heavy atom. The maximum absolute atomic E-state index is 8.99. The first-order valence-electron chi connectivity index (χ1n) is 2.91. The van der Waals surface area contributed by atoms with Gasteiger partial charge in [0.1, 0.15) is 6.10 Å². The van der Waals surface area contributed by atoms with Gasteiger partial charge in [0.2, 0.25) is 0 Å². The second kappa shape index (κ2) is 2.62. The van der Waals surface area contributed by atoms with E-state index < -0.39 is 18.2 Å². The first kappa shape index (κ1) is 6.95.